The molecule has 0 spiro atoms. The summed E-state index contributed by atoms with van der Waals surface area (Å²) in [6.07, 6.45) is 4.25. The second-order valence-corrected chi connectivity index (χ2v) is 6.99. The molecule has 0 bridgehead atoms. The molecule has 3 rings (SSSR count). The quantitative estimate of drug-likeness (QED) is 0.911. The van der Waals surface area contributed by atoms with Gasteiger partial charge in [0.25, 0.3) is 0 Å². The molecule has 0 radical (unpaired) electrons. The first-order valence-corrected chi connectivity index (χ1v) is 8.29. The molecule has 0 fully saturated rings. The lowest BCUT2D eigenvalue weighted by molar-refractivity contribution is 0.426. The van der Waals surface area contributed by atoms with E-state index in [0.717, 1.165) is 12.8 Å². The highest BCUT2D eigenvalue weighted by Crippen LogP contribution is 2.24. The summed E-state index contributed by atoms with van der Waals surface area (Å²) in [4.78, 5) is 3.98. The van der Waals surface area contributed by atoms with Crippen LogP contribution in [0.25, 0.3) is 0 Å². The lowest BCUT2D eigenvalue weighted by Crippen LogP contribution is -2.33. The zero-order valence-electron chi connectivity index (χ0n) is 11.6. The maximum absolute atomic E-state index is 12.7. The number of rotatable bonds is 2. The molecule has 1 aromatic carbocycles. The number of nitrogens with two attached hydrogens (primary N) is 1. The van der Waals surface area contributed by atoms with Crippen molar-refractivity contribution in [3.05, 3.63) is 53.9 Å². The fourth-order valence-electron chi connectivity index (χ4n) is 2.63. The SMILES string of the molecule is Nc1ccncc1S(=O)(=O)N1CCc2ccccc2CC1. The molecule has 6 heteroatoms. The first-order valence-electron chi connectivity index (χ1n) is 6.85. The molecule has 1 aliphatic rings. The van der Waals surface area contributed by atoms with Crippen LogP contribution < -0.4 is 5.73 Å². The summed E-state index contributed by atoms with van der Waals surface area (Å²) >= 11 is 0. The third-order valence-corrected chi connectivity index (χ3v) is 5.76. The molecule has 0 saturated heterocycles. The van der Waals surface area contributed by atoms with Gasteiger partial charge in [0.05, 0.1) is 5.69 Å². The summed E-state index contributed by atoms with van der Waals surface area (Å²) < 4.78 is 26.9. The van der Waals surface area contributed by atoms with E-state index in [4.69, 9.17) is 5.73 Å². The molecule has 2 aromatic rings. The minimum Gasteiger partial charge on any atom is -0.398 e. The van der Waals surface area contributed by atoms with Crippen molar-refractivity contribution in [1.82, 2.24) is 9.29 Å². The van der Waals surface area contributed by atoms with Crippen molar-refractivity contribution in [1.29, 1.82) is 0 Å². The highest BCUT2D eigenvalue weighted by molar-refractivity contribution is 7.89. The second kappa shape index (κ2) is 5.46. The van der Waals surface area contributed by atoms with Gasteiger partial charge in [0, 0.05) is 25.5 Å². The Morgan fingerprint density at radius 1 is 1.05 bits per heavy atom. The average Bonchev–Trinajstić information content (AvgIpc) is 2.70. The first kappa shape index (κ1) is 14.0. The lowest BCUT2D eigenvalue weighted by Gasteiger charge is -2.20. The fraction of sp³-hybridized carbons (Fsp3) is 0.267. The molecule has 0 aliphatic carbocycles. The van der Waals surface area contributed by atoms with E-state index < -0.39 is 10.0 Å². The Kier molecular flexibility index (Phi) is 3.65. The van der Waals surface area contributed by atoms with Crippen LogP contribution in [0.3, 0.4) is 0 Å². The number of hydrogen-bond acceptors (Lipinski definition) is 4. The van der Waals surface area contributed by atoms with Gasteiger partial charge in [0.1, 0.15) is 4.90 Å². The maximum atomic E-state index is 12.7. The Morgan fingerprint density at radius 3 is 2.24 bits per heavy atom. The van der Waals surface area contributed by atoms with Gasteiger partial charge in [-0.05, 0) is 30.0 Å². The van der Waals surface area contributed by atoms with Crippen LogP contribution in [0.1, 0.15) is 11.1 Å². The minimum atomic E-state index is -3.59. The number of sulfonamides is 1. The molecule has 2 N–H and O–H groups in total. The van der Waals surface area contributed by atoms with E-state index in [0.29, 0.717) is 13.1 Å². The van der Waals surface area contributed by atoms with E-state index in [1.165, 1.54) is 33.9 Å². The van der Waals surface area contributed by atoms with Gasteiger partial charge in [-0.25, -0.2) is 8.42 Å². The number of nitrogens with zero attached hydrogens (tertiary/aromatic N) is 2. The van der Waals surface area contributed by atoms with Crippen LogP contribution in [0.4, 0.5) is 5.69 Å². The largest absolute Gasteiger partial charge is 0.398 e. The highest BCUT2D eigenvalue weighted by atomic mass is 32.2. The molecule has 2 heterocycles. The van der Waals surface area contributed by atoms with E-state index in [1.807, 2.05) is 12.1 Å². The van der Waals surface area contributed by atoms with E-state index in [1.54, 1.807) is 0 Å². The molecule has 110 valence electrons. The molecule has 21 heavy (non-hydrogen) atoms. The van der Waals surface area contributed by atoms with Crippen molar-refractivity contribution in [2.45, 2.75) is 17.7 Å². The topological polar surface area (TPSA) is 76.3 Å². The van der Waals surface area contributed by atoms with Gasteiger partial charge < -0.3 is 5.73 Å². The summed E-state index contributed by atoms with van der Waals surface area (Å²) in [5, 5.41) is 0. The van der Waals surface area contributed by atoms with Crippen LogP contribution in [0.2, 0.25) is 0 Å². The first-order chi connectivity index (χ1) is 10.1. The zero-order chi connectivity index (χ0) is 14.9. The molecule has 5 nitrogen and oxygen atoms in total. The van der Waals surface area contributed by atoms with Crippen LogP contribution in [0.5, 0.6) is 0 Å². The fourth-order valence-corrected chi connectivity index (χ4v) is 4.13. The van der Waals surface area contributed by atoms with Gasteiger partial charge in [0.2, 0.25) is 10.0 Å². The maximum Gasteiger partial charge on any atom is 0.246 e. The number of benzene rings is 1. The van der Waals surface area contributed by atoms with Gasteiger partial charge in [-0.2, -0.15) is 4.31 Å². The van der Waals surface area contributed by atoms with Gasteiger partial charge in [0.15, 0.2) is 0 Å². The number of pyridine rings is 1. The normalized spacial score (nSPS) is 16.2. The van der Waals surface area contributed by atoms with Crippen LogP contribution >= 0.6 is 0 Å². The number of hydrogen-bond donors (Lipinski definition) is 1. The molecule has 0 saturated carbocycles. The zero-order valence-corrected chi connectivity index (χ0v) is 12.4. The third kappa shape index (κ3) is 2.64. The van der Waals surface area contributed by atoms with Gasteiger partial charge in [-0.1, -0.05) is 24.3 Å². The number of anilines is 1. The van der Waals surface area contributed by atoms with Gasteiger partial charge in [-0.15, -0.1) is 0 Å². The summed E-state index contributed by atoms with van der Waals surface area (Å²) in [5.74, 6) is 0. The average molecular weight is 303 g/mol. The Hall–Kier alpha value is -1.92. The summed E-state index contributed by atoms with van der Waals surface area (Å²) in [5.41, 5.74) is 8.47. The summed E-state index contributed by atoms with van der Waals surface area (Å²) in [6, 6.07) is 9.61. The predicted molar refractivity (Wildman–Crippen MR) is 81.3 cm³/mol. The van der Waals surface area contributed by atoms with Crippen LogP contribution in [0, 0.1) is 0 Å². The van der Waals surface area contributed by atoms with Crippen LogP contribution in [-0.4, -0.2) is 30.8 Å². The van der Waals surface area contributed by atoms with E-state index in [9.17, 15) is 8.42 Å². The smallest absolute Gasteiger partial charge is 0.246 e. The number of nitrogen functional groups attached to an aromatic ring is 1. The van der Waals surface area contributed by atoms with E-state index in [-0.39, 0.29) is 10.6 Å². The second-order valence-electron chi connectivity index (χ2n) is 5.09. The highest BCUT2D eigenvalue weighted by Gasteiger charge is 2.28. The Labute approximate surface area is 124 Å². The lowest BCUT2D eigenvalue weighted by atomic mass is 10.0. The Morgan fingerprint density at radius 2 is 1.67 bits per heavy atom. The summed E-state index contributed by atoms with van der Waals surface area (Å²) in [7, 11) is -3.59. The van der Waals surface area contributed by atoms with Crippen LogP contribution in [-0.2, 0) is 22.9 Å². The Bertz CT molecular complexity index is 732. The van der Waals surface area contributed by atoms with Crippen molar-refractivity contribution >= 4 is 15.7 Å². The van der Waals surface area contributed by atoms with Crippen molar-refractivity contribution in [2.24, 2.45) is 0 Å². The van der Waals surface area contributed by atoms with Gasteiger partial charge >= 0.3 is 0 Å². The van der Waals surface area contributed by atoms with Crippen molar-refractivity contribution in [3.8, 4) is 0 Å². The molecule has 0 unspecified atom stereocenters. The van der Waals surface area contributed by atoms with Gasteiger partial charge in [-0.3, -0.25) is 4.98 Å². The van der Waals surface area contributed by atoms with E-state index in [2.05, 4.69) is 17.1 Å². The molecular formula is C15H17N3O2S. The predicted octanol–water partition coefficient (Wildman–Crippen LogP) is 1.45. The summed E-state index contributed by atoms with van der Waals surface area (Å²) in [6.45, 7) is 0.932. The monoisotopic (exact) mass is 303 g/mol. The minimum absolute atomic E-state index is 0.0935. The standard InChI is InChI=1S/C15H17N3O2S/c16-14-5-8-17-11-15(14)21(19,20)18-9-6-12-3-1-2-4-13(12)7-10-18/h1-5,8,11H,6-7,9-10H2,(H2,16,17). The third-order valence-electron chi connectivity index (χ3n) is 3.81. The molecular weight excluding hydrogens is 286 g/mol. The Balaban J connectivity index is 1.91. The number of fused-ring (bicyclic) bond motifs is 1. The number of aromatic nitrogens is 1. The van der Waals surface area contributed by atoms with Crippen molar-refractivity contribution in [3.63, 3.8) is 0 Å². The van der Waals surface area contributed by atoms with Crippen molar-refractivity contribution < 1.29 is 8.42 Å². The molecule has 0 atom stereocenters. The molecule has 0 amide bonds. The molecule has 1 aromatic heterocycles. The van der Waals surface area contributed by atoms with Crippen LogP contribution in [0.15, 0.2) is 47.6 Å². The molecule has 1 aliphatic heterocycles. The van der Waals surface area contributed by atoms with Crippen molar-refractivity contribution in [2.75, 3.05) is 18.8 Å². The van der Waals surface area contributed by atoms with E-state index >= 15 is 0 Å².